The Kier molecular flexibility index (Phi) is 6.20. The fourth-order valence-electron chi connectivity index (χ4n) is 3.14. The van der Waals surface area contributed by atoms with E-state index < -0.39 is 0 Å². The number of nitrogens with one attached hydrogen (secondary N) is 2. The minimum Gasteiger partial charge on any atom is -0.351 e. The summed E-state index contributed by atoms with van der Waals surface area (Å²) in [7, 11) is 0. The van der Waals surface area contributed by atoms with E-state index in [2.05, 4.69) is 45.3 Å². The highest BCUT2D eigenvalue weighted by atomic mass is 35.5. The molecule has 0 fully saturated rings. The second-order valence-electron chi connectivity index (χ2n) is 6.65. The molecule has 6 heteroatoms. The van der Waals surface area contributed by atoms with Gasteiger partial charge in [-0.15, -0.1) is 11.3 Å². The van der Waals surface area contributed by atoms with Crippen molar-refractivity contribution in [3.63, 3.8) is 0 Å². The first kappa shape index (κ1) is 19.6. The number of hydrogen-bond donors (Lipinski definition) is 2. The molecule has 4 aromatic rings. The number of fused-ring (bicyclic) bond motifs is 1. The van der Waals surface area contributed by atoms with Gasteiger partial charge in [-0.2, -0.15) is 0 Å². The maximum atomic E-state index is 12.1. The van der Waals surface area contributed by atoms with Crippen LogP contribution in [0.3, 0.4) is 0 Å². The lowest BCUT2D eigenvalue weighted by molar-refractivity contribution is 0.0954. The maximum Gasteiger partial charge on any atom is 0.251 e. The summed E-state index contributed by atoms with van der Waals surface area (Å²) in [5.74, 6) is -0.0923. The minimum atomic E-state index is -0.0923. The molecular weight excluding hydrogens is 402 g/mol. The molecule has 4 rings (SSSR count). The number of thiophene rings is 1. The Labute approximate surface area is 178 Å². The Hall–Kier alpha value is -2.73. The number of rotatable bonds is 7. The van der Waals surface area contributed by atoms with Crippen molar-refractivity contribution >= 4 is 39.6 Å². The molecule has 2 aromatic heterocycles. The van der Waals surface area contributed by atoms with Crippen molar-refractivity contribution in [3.05, 3.63) is 87.8 Å². The van der Waals surface area contributed by atoms with Gasteiger partial charge in [-0.1, -0.05) is 35.9 Å². The monoisotopic (exact) mass is 421 g/mol. The van der Waals surface area contributed by atoms with Crippen LogP contribution in [-0.2, 0) is 6.54 Å². The number of carbonyl (C=O) groups excluding carboxylic acids is 1. The molecule has 29 heavy (non-hydrogen) atoms. The summed E-state index contributed by atoms with van der Waals surface area (Å²) in [4.78, 5) is 17.7. The molecule has 0 aliphatic carbocycles. The summed E-state index contributed by atoms with van der Waals surface area (Å²) < 4.78 is 0. The van der Waals surface area contributed by atoms with E-state index in [4.69, 9.17) is 11.6 Å². The molecule has 1 amide bonds. The van der Waals surface area contributed by atoms with Crippen LogP contribution in [0.1, 0.15) is 15.2 Å². The second kappa shape index (κ2) is 9.18. The average molecular weight is 422 g/mol. The van der Waals surface area contributed by atoms with E-state index in [9.17, 15) is 4.79 Å². The Bertz CT molecular complexity index is 1120. The van der Waals surface area contributed by atoms with Crippen molar-refractivity contribution in [1.29, 1.82) is 0 Å². The first-order valence-corrected chi connectivity index (χ1v) is 10.6. The molecule has 146 valence electrons. The topological polar surface area (TPSA) is 54.0 Å². The van der Waals surface area contributed by atoms with Crippen molar-refractivity contribution in [2.45, 2.75) is 6.54 Å². The van der Waals surface area contributed by atoms with Crippen molar-refractivity contribution in [1.82, 2.24) is 15.6 Å². The zero-order valence-electron chi connectivity index (χ0n) is 15.7. The molecule has 0 atom stereocenters. The van der Waals surface area contributed by atoms with Crippen molar-refractivity contribution in [2.24, 2.45) is 0 Å². The number of nitrogens with zero attached hydrogens (tertiary/aromatic N) is 1. The van der Waals surface area contributed by atoms with Crippen LogP contribution in [0, 0.1) is 0 Å². The summed E-state index contributed by atoms with van der Waals surface area (Å²) >= 11 is 7.57. The van der Waals surface area contributed by atoms with Crippen molar-refractivity contribution < 1.29 is 4.79 Å². The summed E-state index contributed by atoms with van der Waals surface area (Å²) in [6, 6.07) is 17.4. The first-order valence-electron chi connectivity index (χ1n) is 9.36. The number of aromatic nitrogens is 1. The van der Waals surface area contributed by atoms with E-state index in [0.29, 0.717) is 23.7 Å². The predicted octanol–water partition coefficient (Wildman–Crippen LogP) is 5.14. The standard InChI is InChI=1S/C23H20ClN3OS/c24-19-7-5-16(6-8-19)23(28)27-10-9-25-13-20-11-18(15-29-20)22-14-26-12-17-3-1-2-4-21(17)22/h1-8,11-12,14-15,25H,9-10,13H2,(H,27,28). The fourth-order valence-corrected chi connectivity index (χ4v) is 4.12. The Morgan fingerprint density at radius 3 is 2.72 bits per heavy atom. The summed E-state index contributed by atoms with van der Waals surface area (Å²) in [6.45, 7) is 2.02. The molecule has 0 aliphatic heterocycles. The molecule has 2 N–H and O–H groups in total. The molecule has 0 unspecified atom stereocenters. The van der Waals surface area contributed by atoms with Gasteiger partial charge < -0.3 is 10.6 Å². The number of amides is 1. The number of pyridine rings is 1. The molecule has 0 saturated carbocycles. The van der Waals surface area contributed by atoms with Crippen LogP contribution in [0.2, 0.25) is 5.02 Å². The Morgan fingerprint density at radius 2 is 1.86 bits per heavy atom. The first-order chi connectivity index (χ1) is 14.2. The van der Waals surface area contributed by atoms with Gasteiger partial charge in [-0.05, 0) is 46.7 Å². The third-order valence-corrected chi connectivity index (χ3v) is 5.81. The van der Waals surface area contributed by atoms with E-state index in [1.165, 1.54) is 15.8 Å². The molecule has 4 nitrogen and oxygen atoms in total. The van der Waals surface area contributed by atoms with Gasteiger partial charge in [-0.3, -0.25) is 9.78 Å². The Balaban J connectivity index is 1.29. The average Bonchev–Trinajstić information content (AvgIpc) is 3.22. The quantitative estimate of drug-likeness (QED) is 0.406. The lowest BCUT2D eigenvalue weighted by Crippen LogP contribution is -2.31. The highest BCUT2D eigenvalue weighted by Crippen LogP contribution is 2.30. The van der Waals surface area contributed by atoms with Crippen LogP contribution in [0.4, 0.5) is 0 Å². The van der Waals surface area contributed by atoms with Gasteiger partial charge in [-0.25, -0.2) is 0 Å². The van der Waals surface area contributed by atoms with Gasteiger partial charge in [0.1, 0.15) is 0 Å². The maximum absolute atomic E-state index is 12.1. The lowest BCUT2D eigenvalue weighted by atomic mass is 10.0. The third kappa shape index (κ3) is 4.82. The SMILES string of the molecule is O=C(NCCNCc1cc(-c2cncc3ccccc23)cs1)c1ccc(Cl)cc1. The summed E-state index contributed by atoms with van der Waals surface area (Å²) in [6.07, 6.45) is 3.82. The molecule has 0 bridgehead atoms. The zero-order chi connectivity index (χ0) is 20.1. The highest BCUT2D eigenvalue weighted by molar-refractivity contribution is 7.10. The van der Waals surface area contributed by atoms with E-state index in [1.54, 1.807) is 35.6 Å². The van der Waals surface area contributed by atoms with E-state index in [-0.39, 0.29) is 5.91 Å². The van der Waals surface area contributed by atoms with Crippen molar-refractivity contribution in [2.75, 3.05) is 13.1 Å². The van der Waals surface area contributed by atoms with Crippen molar-refractivity contribution in [3.8, 4) is 11.1 Å². The Morgan fingerprint density at radius 1 is 1.03 bits per heavy atom. The van der Waals surface area contributed by atoms with Gasteiger partial charge in [0, 0.05) is 58.4 Å². The van der Waals surface area contributed by atoms with Gasteiger partial charge >= 0.3 is 0 Å². The van der Waals surface area contributed by atoms with Crippen LogP contribution in [0.5, 0.6) is 0 Å². The third-order valence-electron chi connectivity index (χ3n) is 4.63. The summed E-state index contributed by atoms with van der Waals surface area (Å²) in [5.41, 5.74) is 2.95. The minimum absolute atomic E-state index is 0.0923. The molecule has 2 aromatic carbocycles. The van der Waals surface area contributed by atoms with Gasteiger partial charge in [0.15, 0.2) is 0 Å². The molecule has 0 aliphatic rings. The summed E-state index contributed by atoms with van der Waals surface area (Å²) in [5, 5.41) is 11.4. The molecule has 0 radical (unpaired) electrons. The number of halogens is 1. The number of hydrogen-bond acceptors (Lipinski definition) is 4. The molecule has 0 saturated heterocycles. The molecular formula is C23H20ClN3OS. The van der Waals surface area contributed by atoms with Crippen LogP contribution in [0.15, 0.2) is 72.4 Å². The van der Waals surface area contributed by atoms with E-state index in [0.717, 1.165) is 17.5 Å². The highest BCUT2D eigenvalue weighted by Gasteiger charge is 2.07. The largest absolute Gasteiger partial charge is 0.351 e. The van der Waals surface area contributed by atoms with E-state index in [1.807, 2.05) is 18.5 Å². The molecule has 2 heterocycles. The van der Waals surface area contributed by atoms with Crippen LogP contribution in [-0.4, -0.2) is 24.0 Å². The van der Waals surface area contributed by atoms with E-state index >= 15 is 0 Å². The lowest BCUT2D eigenvalue weighted by Gasteiger charge is -2.06. The zero-order valence-corrected chi connectivity index (χ0v) is 17.3. The normalized spacial score (nSPS) is 10.9. The number of carbonyl (C=O) groups is 1. The van der Waals surface area contributed by atoms with Gasteiger partial charge in [0.25, 0.3) is 5.91 Å². The number of benzene rings is 2. The predicted molar refractivity (Wildman–Crippen MR) is 121 cm³/mol. The van der Waals surface area contributed by atoms with Gasteiger partial charge in [0.05, 0.1) is 0 Å². The van der Waals surface area contributed by atoms with Crippen LogP contribution < -0.4 is 10.6 Å². The second-order valence-corrected chi connectivity index (χ2v) is 8.08. The molecule has 0 spiro atoms. The fraction of sp³-hybridized carbons (Fsp3) is 0.130. The van der Waals surface area contributed by atoms with Gasteiger partial charge in [0.2, 0.25) is 0 Å². The van der Waals surface area contributed by atoms with Crippen LogP contribution in [0.25, 0.3) is 21.9 Å². The smallest absolute Gasteiger partial charge is 0.251 e. The van der Waals surface area contributed by atoms with Crippen LogP contribution >= 0.6 is 22.9 Å².